The molecule has 0 spiro atoms. The van der Waals surface area contributed by atoms with Gasteiger partial charge in [0.15, 0.2) is 0 Å². The molecule has 0 rings (SSSR count). The highest BCUT2D eigenvalue weighted by Gasteiger charge is 2.05. The molecular formula is C14H22O4. The van der Waals surface area contributed by atoms with Gasteiger partial charge >= 0.3 is 11.9 Å². The van der Waals surface area contributed by atoms with Crippen LogP contribution in [0.5, 0.6) is 0 Å². The van der Waals surface area contributed by atoms with Crippen LogP contribution in [0.3, 0.4) is 0 Å². The third-order valence-corrected chi connectivity index (χ3v) is 2.16. The molecule has 0 saturated heterocycles. The molecule has 0 aromatic heterocycles. The molecule has 0 aliphatic carbocycles. The van der Waals surface area contributed by atoms with Crippen LogP contribution in [0.25, 0.3) is 0 Å². The van der Waals surface area contributed by atoms with Crippen LogP contribution in [0, 0.1) is 0 Å². The summed E-state index contributed by atoms with van der Waals surface area (Å²) >= 11 is 0. The number of hydrogen-bond acceptors (Lipinski definition) is 4. The molecular weight excluding hydrogens is 232 g/mol. The molecule has 0 aromatic rings. The summed E-state index contributed by atoms with van der Waals surface area (Å²) < 4.78 is 9.88. The average molecular weight is 254 g/mol. The van der Waals surface area contributed by atoms with Crippen LogP contribution in [0.1, 0.15) is 39.5 Å². The molecule has 4 heteroatoms. The maximum absolute atomic E-state index is 11.3. The van der Waals surface area contributed by atoms with E-state index in [1.807, 2.05) is 0 Å². The molecule has 102 valence electrons. The Morgan fingerprint density at radius 2 is 1.89 bits per heavy atom. The molecule has 0 aliphatic rings. The molecule has 0 aliphatic heterocycles. The van der Waals surface area contributed by atoms with Crippen LogP contribution in [-0.2, 0) is 19.1 Å². The Balaban J connectivity index is 3.80. The minimum atomic E-state index is -0.546. The van der Waals surface area contributed by atoms with E-state index in [4.69, 9.17) is 9.47 Å². The van der Waals surface area contributed by atoms with Gasteiger partial charge in [-0.05, 0) is 13.3 Å². The minimum absolute atomic E-state index is 0.236. The van der Waals surface area contributed by atoms with E-state index in [-0.39, 0.29) is 6.10 Å². The van der Waals surface area contributed by atoms with E-state index in [0.29, 0.717) is 13.0 Å². The molecule has 0 amide bonds. The highest BCUT2D eigenvalue weighted by atomic mass is 16.5. The second-order valence-electron chi connectivity index (χ2n) is 3.98. The highest BCUT2D eigenvalue weighted by molar-refractivity contribution is 5.91. The van der Waals surface area contributed by atoms with Crippen LogP contribution < -0.4 is 0 Å². The Morgan fingerprint density at radius 3 is 2.50 bits per heavy atom. The zero-order valence-corrected chi connectivity index (χ0v) is 11.2. The third-order valence-electron chi connectivity index (χ3n) is 2.16. The van der Waals surface area contributed by atoms with E-state index >= 15 is 0 Å². The topological polar surface area (TPSA) is 52.6 Å². The van der Waals surface area contributed by atoms with Crippen molar-refractivity contribution in [2.45, 2.75) is 45.6 Å². The first kappa shape index (κ1) is 16.4. The maximum Gasteiger partial charge on any atom is 0.331 e. The van der Waals surface area contributed by atoms with Crippen molar-refractivity contribution >= 4 is 11.9 Å². The molecule has 0 radical (unpaired) electrons. The highest BCUT2D eigenvalue weighted by Crippen LogP contribution is 1.99. The van der Waals surface area contributed by atoms with Gasteiger partial charge in [-0.15, -0.1) is 6.58 Å². The molecule has 0 aromatic carbocycles. The number of carbonyl (C=O) groups excluding carboxylic acids is 2. The minimum Gasteiger partial charge on any atom is -0.463 e. The van der Waals surface area contributed by atoms with Gasteiger partial charge in [0, 0.05) is 18.6 Å². The van der Waals surface area contributed by atoms with Gasteiger partial charge in [0.25, 0.3) is 0 Å². The van der Waals surface area contributed by atoms with Crippen LogP contribution in [0.2, 0.25) is 0 Å². The monoisotopic (exact) mass is 254 g/mol. The van der Waals surface area contributed by atoms with Gasteiger partial charge in [-0.2, -0.15) is 0 Å². The molecule has 18 heavy (non-hydrogen) atoms. The summed E-state index contributed by atoms with van der Waals surface area (Å²) in [5.41, 5.74) is 0. The van der Waals surface area contributed by atoms with Gasteiger partial charge in [0.05, 0.1) is 6.61 Å². The van der Waals surface area contributed by atoms with Crippen molar-refractivity contribution in [3.05, 3.63) is 24.8 Å². The second kappa shape index (κ2) is 10.6. The smallest absolute Gasteiger partial charge is 0.331 e. The van der Waals surface area contributed by atoms with E-state index in [2.05, 4.69) is 13.5 Å². The van der Waals surface area contributed by atoms with Crippen molar-refractivity contribution in [1.29, 1.82) is 0 Å². The summed E-state index contributed by atoms with van der Waals surface area (Å²) in [7, 11) is 0. The van der Waals surface area contributed by atoms with Crippen molar-refractivity contribution in [1.82, 2.24) is 0 Å². The van der Waals surface area contributed by atoms with Crippen molar-refractivity contribution < 1.29 is 19.1 Å². The summed E-state index contributed by atoms with van der Waals surface area (Å²) in [4.78, 5) is 22.4. The van der Waals surface area contributed by atoms with E-state index in [9.17, 15) is 9.59 Å². The normalized spacial score (nSPS) is 12.1. The fraction of sp³-hybridized carbons (Fsp3) is 0.571. The van der Waals surface area contributed by atoms with Gasteiger partial charge in [0.2, 0.25) is 0 Å². The van der Waals surface area contributed by atoms with Crippen LogP contribution in [0.4, 0.5) is 0 Å². The molecule has 0 N–H and O–H groups in total. The van der Waals surface area contributed by atoms with Gasteiger partial charge in [-0.3, -0.25) is 0 Å². The van der Waals surface area contributed by atoms with Crippen molar-refractivity contribution in [2.75, 3.05) is 6.61 Å². The maximum atomic E-state index is 11.3. The van der Waals surface area contributed by atoms with E-state index in [0.717, 1.165) is 31.4 Å². The fourth-order valence-corrected chi connectivity index (χ4v) is 1.23. The lowest BCUT2D eigenvalue weighted by Crippen LogP contribution is -2.12. The lowest BCUT2D eigenvalue weighted by Gasteiger charge is -2.08. The number of rotatable bonds is 9. The predicted octanol–water partition coefficient (Wildman–Crippen LogP) is 2.78. The molecule has 0 saturated carbocycles. The standard InChI is InChI=1S/C14H22O4/c1-4-6-7-11-17-13(15)9-10-14(16)18-12(3)8-5-2/h5,9-10,12H,2,4,6-8,11H2,1,3H3/b10-9+. The Morgan fingerprint density at radius 1 is 1.22 bits per heavy atom. The summed E-state index contributed by atoms with van der Waals surface area (Å²) in [5.74, 6) is -1.06. The number of ether oxygens (including phenoxy) is 2. The molecule has 4 nitrogen and oxygen atoms in total. The van der Waals surface area contributed by atoms with E-state index < -0.39 is 11.9 Å². The number of carbonyl (C=O) groups is 2. The number of hydrogen-bond donors (Lipinski definition) is 0. The van der Waals surface area contributed by atoms with Crippen LogP contribution in [0.15, 0.2) is 24.8 Å². The molecule has 0 heterocycles. The first-order valence-electron chi connectivity index (χ1n) is 6.26. The zero-order valence-electron chi connectivity index (χ0n) is 11.2. The van der Waals surface area contributed by atoms with Crippen molar-refractivity contribution in [2.24, 2.45) is 0 Å². The summed E-state index contributed by atoms with van der Waals surface area (Å²) in [6, 6.07) is 0. The van der Waals surface area contributed by atoms with Gasteiger partial charge < -0.3 is 9.47 Å². The van der Waals surface area contributed by atoms with Crippen LogP contribution >= 0.6 is 0 Å². The first-order valence-corrected chi connectivity index (χ1v) is 6.26. The van der Waals surface area contributed by atoms with Gasteiger partial charge in [0.1, 0.15) is 6.10 Å². The average Bonchev–Trinajstić information content (AvgIpc) is 2.32. The van der Waals surface area contributed by atoms with Crippen LogP contribution in [-0.4, -0.2) is 24.6 Å². The molecule has 1 atom stereocenters. The largest absolute Gasteiger partial charge is 0.463 e. The Hall–Kier alpha value is -1.58. The number of unbranched alkanes of at least 4 members (excludes halogenated alkanes) is 2. The Bertz CT molecular complexity index is 294. The lowest BCUT2D eigenvalue weighted by molar-refractivity contribution is -0.143. The summed E-state index contributed by atoms with van der Waals surface area (Å²) in [6.45, 7) is 7.77. The van der Waals surface area contributed by atoms with Gasteiger partial charge in [-0.25, -0.2) is 9.59 Å². The fourth-order valence-electron chi connectivity index (χ4n) is 1.23. The zero-order chi connectivity index (χ0) is 13.8. The summed E-state index contributed by atoms with van der Waals surface area (Å²) in [6.07, 6.45) is 7.14. The van der Waals surface area contributed by atoms with E-state index in [1.54, 1.807) is 13.0 Å². The number of esters is 2. The first-order chi connectivity index (χ1) is 8.60. The summed E-state index contributed by atoms with van der Waals surface area (Å²) in [5, 5.41) is 0. The second-order valence-corrected chi connectivity index (χ2v) is 3.98. The Kier molecular flexibility index (Phi) is 9.64. The molecule has 0 bridgehead atoms. The quantitative estimate of drug-likeness (QED) is 0.275. The SMILES string of the molecule is C=CCC(C)OC(=O)/C=C/C(=O)OCCCCC. The van der Waals surface area contributed by atoms with Crippen molar-refractivity contribution in [3.63, 3.8) is 0 Å². The lowest BCUT2D eigenvalue weighted by atomic mass is 10.3. The van der Waals surface area contributed by atoms with Crippen molar-refractivity contribution in [3.8, 4) is 0 Å². The Labute approximate surface area is 109 Å². The van der Waals surface area contributed by atoms with Gasteiger partial charge in [-0.1, -0.05) is 25.8 Å². The third kappa shape index (κ3) is 9.63. The van der Waals surface area contributed by atoms with E-state index in [1.165, 1.54) is 0 Å². The molecule has 1 unspecified atom stereocenters. The molecule has 0 fully saturated rings. The predicted molar refractivity (Wildman–Crippen MR) is 70.0 cm³/mol.